The lowest BCUT2D eigenvalue weighted by Gasteiger charge is -2.25. The van der Waals surface area contributed by atoms with Crippen LogP contribution in [0.3, 0.4) is 0 Å². The normalized spacial score (nSPS) is 15.7. The number of piperidine rings is 1. The van der Waals surface area contributed by atoms with Gasteiger partial charge in [-0.2, -0.15) is 4.31 Å². The Hall–Kier alpha value is -2.53. The molecule has 0 unspecified atom stereocenters. The fraction of sp³-hybridized carbons (Fsp3) is 0.529. The molecule has 1 saturated heterocycles. The third kappa shape index (κ3) is 4.14. The first kappa shape index (κ1) is 20.2. The lowest BCUT2D eigenvalue weighted by molar-refractivity contribution is -0.384. The van der Waals surface area contributed by atoms with E-state index in [1.165, 1.54) is 16.4 Å². The highest BCUT2D eigenvalue weighted by Gasteiger charge is 2.28. The van der Waals surface area contributed by atoms with Gasteiger partial charge in [-0.3, -0.25) is 10.1 Å². The molecule has 2 heterocycles. The van der Waals surface area contributed by atoms with Gasteiger partial charge >= 0.3 is 0 Å². The van der Waals surface area contributed by atoms with Crippen molar-refractivity contribution in [1.29, 1.82) is 0 Å². The van der Waals surface area contributed by atoms with E-state index >= 15 is 0 Å². The topological polar surface area (TPSA) is 123 Å². The number of nitrogens with one attached hydrogen (secondary N) is 1. The Bertz CT molecular complexity index is 950. The van der Waals surface area contributed by atoms with Gasteiger partial charge in [-0.1, -0.05) is 6.42 Å². The molecule has 3 rings (SSSR count). The zero-order chi connectivity index (χ0) is 20.3. The van der Waals surface area contributed by atoms with Crippen LogP contribution in [-0.4, -0.2) is 45.5 Å². The van der Waals surface area contributed by atoms with Gasteiger partial charge in [0.15, 0.2) is 5.82 Å². The van der Waals surface area contributed by atoms with Crippen LogP contribution < -0.4 is 5.32 Å². The third-order valence-corrected chi connectivity index (χ3v) is 6.65. The molecule has 0 bridgehead atoms. The van der Waals surface area contributed by atoms with E-state index in [2.05, 4.69) is 15.5 Å². The lowest BCUT2D eigenvalue weighted by Crippen LogP contribution is -2.35. The number of benzene rings is 1. The van der Waals surface area contributed by atoms with E-state index in [0.717, 1.165) is 25.3 Å². The highest BCUT2D eigenvalue weighted by atomic mass is 32.2. The van der Waals surface area contributed by atoms with Gasteiger partial charge in [-0.15, -0.1) is 10.2 Å². The molecule has 1 aliphatic heterocycles. The molecule has 1 aliphatic rings. The van der Waals surface area contributed by atoms with E-state index in [-0.39, 0.29) is 28.9 Å². The van der Waals surface area contributed by atoms with Crippen molar-refractivity contribution < 1.29 is 13.3 Å². The van der Waals surface area contributed by atoms with Crippen molar-refractivity contribution in [3.05, 3.63) is 40.5 Å². The maximum absolute atomic E-state index is 12.8. The van der Waals surface area contributed by atoms with E-state index in [0.29, 0.717) is 18.9 Å². The summed E-state index contributed by atoms with van der Waals surface area (Å²) < 4.78 is 28.8. The van der Waals surface area contributed by atoms with Crippen molar-refractivity contribution in [1.82, 2.24) is 19.1 Å². The minimum Gasteiger partial charge on any atom is -0.372 e. The number of aromatic nitrogens is 3. The molecule has 0 aliphatic carbocycles. The molecular weight excluding hydrogens is 384 g/mol. The van der Waals surface area contributed by atoms with Gasteiger partial charge in [-0.25, -0.2) is 8.42 Å². The van der Waals surface area contributed by atoms with Crippen molar-refractivity contribution >= 4 is 21.4 Å². The van der Waals surface area contributed by atoms with E-state index in [9.17, 15) is 18.5 Å². The quantitative estimate of drug-likeness (QED) is 0.551. The van der Waals surface area contributed by atoms with Crippen molar-refractivity contribution in [2.75, 3.05) is 18.4 Å². The highest BCUT2D eigenvalue weighted by Crippen LogP contribution is 2.30. The molecule has 10 nitrogen and oxygen atoms in total. The van der Waals surface area contributed by atoms with Gasteiger partial charge in [-0.05, 0) is 38.8 Å². The Morgan fingerprint density at radius 2 is 1.96 bits per heavy atom. The van der Waals surface area contributed by atoms with E-state index in [4.69, 9.17) is 0 Å². The average Bonchev–Trinajstić information content (AvgIpc) is 3.15. The SMILES string of the molecule is CC(C)n1cnnc1CNc1ccc(S(=O)(=O)N2CCCCC2)cc1[N+](=O)[O-]. The van der Waals surface area contributed by atoms with Crippen molar-refractivity contribution in [3.63, 3.8) is 0 Å². The summed E-state index contributed by atoms with van der Waals surface area (Å²) in [5.41, 5.74) is -0.0467. The van der Waals surface area contributed by atoms with E-state index < -0.39 is 14.9 Å². The summed E-state index contributed by atoms with van der Waals surface area (Å²) in [5.74, 6) is 0.634. The van der Waals surface area contributed by atoms with Gasteiger partial charge in [0.05, 0.1) is 16.4 Å². The predicted molar refractivity (Wildman–Crippen MR) is 103 cm³/mol. The summed E-state index contributed by atoms with van der Waals surface area (Å²) in [6, 6.07) is 4.12. The second-order valence-electron chi connectivity index (χ2n) is 7.00. The number of nitro benzene ring substituents is 1. The number of sulfonamides is 1. The van der Waals surface area contributed by atoms with Crippen LogP contribution in [-0.2, 0) is 16.6 Å². The van der Waals surface area contributed by atoms with E-state index in [1.807, 2.05) is 18.4 Å². The van der Waals surface area contributed by atoms with Crippen molar-refractivity contribution in [2.24, 2.45) is 0 Å². The Balaban J connectivity index is 1.85. The summed E-state index contributed by atoms with van der Waals surface area (Å²) in [5, 5.41) is 22.4. The highest BCUT2D eigenvalue weighted by molar-refractivity contribution is 7.89. The monoisotopic (exact) mass is 408 g/mol. The van der Waals surface area contributed by atoms with Crippen LogP contribution in [0.5, 0.6) is 0 Å². The first-order valence-corrected chi connectivity index (χ1v) is 10.7. The van der Waals surface area contributed by atoms with Crippen LogP contribution in [0.1, 0.15) is 45.0 Å². The number of rotatable bonds is 7. The van der Waals surface area contributed by atoms with Crippen molar-refractivity contribution in [2.45, 2.75) is 50.6 Å². The fourth-order valence-electron chi connectivity index (χ4n) is 3.23. The van der Waals surface area contributed by atoms with Crippen LogP contribution in [0.15, 0.2) is 29.4 Å². The molecule has 1 aromatic carbocycles. The van der Waals surface area contributed by atoms with Crippen LogP contribution in [0.2, 0.25) is 0 Å². The van der Waals surface area contributed by atoms with E-state index in [1.54, 1.807) is 6.33 Å². The average molecular weight is 408 g/mol. The standard InChI is InChI=1S/C17H24N6O4S/c1-13(2)22-12-19-20-17(22)11-18-15-7-6-14(10-16(15)23(24)25)28(26,27)21-8-4-3-5-9-21/h6-7,10,12-13,18H,3-5,8-9,11H2,1-2H3. The van der Waals surface area contributed by atoms with Gasteiger partial charge in [0, 0.05) is 25.2 Å². The molecule has 0 radical (unpaired) electrons. The van der Waals surface area contributed by atoms with Gasteiger partial charge in [0.25, 0.3) is 5.69 Å². The van der Waals surface area contributed by atoms with Gasteiger partial charge in [0.1, 0.15) is 12.0 Å². The molecule has 1 N–H and O–H groups in total. The molecule has 0 saturated carbocycles. The lowest BCUT2D eigenvalue weighted by atomic mass is 10.2. The summed E-state index contributed by atoms with van der Waals surface area (Å²) in [7, 11) is -3.74. The van der Waals surface area contributed by atoms with Crippen LogP contribution in [0.25, 0.3) is 0 Å². The van der Waals surface area contributed by atoms with Crippen molar-refractivity contribution in [3.8, 4) is 0 Å². The van der Waals surface area contributed by atoms with Crippen LogP contribution >= 0.6 is 0 Å². The Morgan fingerprint density at radius 1 is 1.25 bits per heavy atom. The first-order chi connectivity index (χ1) is 13.3. The van der Waals surface area contributed by atoms with Gasteiger partial charge < -0.3 is 9.88 Å². The number of anilines is 1. The summed E-state index contributed by atoms with van der Waals surface area (Å²) >= 11 is 0. The number of hydrogen-bond acceptors (Lipinski definition) is 7. The molecule has 0 spiro atoms. The Morgan fingerprint density at radius 3 is 2.61 bits per heavy atom. The molecule has 1 aromatic heterocycles. The Kier molecular flexibility index (Phi) is 5.94. The van der Waals surface area contributed by atoms with Gasteiger partial charge in [0.2, 0.25) is 10.0 Å². The second kappa shape index (κ2) is 8.23. The predicted octanol–water partition coefficient (Wildman–Crippen LogP) is 2.55. The maximum Gasteiger partial charge on any atom is 0.293 e. The number of nitro groups is 1. The summed E-state index contributed by atoms with van der Waals surface area (Å²) in [4.78, 5) is 10.9. The Labute approximate surface area is 163 Å². The first-order valence-electron chi connectivity index (χ1n) is 9.21. The minimum absolute atomic E-state index is 0.0583. The van der Waals surface area contributed by atoms with Crippen LogP contribution in [0.4, 0.5) is 11.4 Å². The number of nitrogens with zero attached hydrogens (tertiary/aromatic N) is 5. The molecule has 0 atom stereocenters. The smallest absolute Gasteiger partial charge is 0.293 e. The molecule has 1 fully saturated rings. The molecule has 2 aromatic rings. The molecule has 28 heavy (non-hydrogen) atoms. The zero-order valence-electron chi connectivity index (χ0n) is 15.9. The molecular formula is C17H24N6O4S. The largest absolute Gasteiger partial charge is 0.372 e. The number of hydrogen-bond donors (Lipinski definition) is 1. The molecule has 11 heteroatoms. The van der Waals surface area contributed by atoms with Crippen LogP contribution in [0, 0.1) is 10.1 Å². The third-order valence-electron chi connectivity index (χ3n) is 4.76. The summed E-state index contributed by atoms with van der Waals surface area (Å²) in [6.07, 6.45) is 4.20. The zero-order valence-corrected chi connectivity index (χ0v) is 16.7. The summed E-state index contributed by atoms with van der Waals surface area (Å²) in [6.45, 7) is 5.09. The molecule has 152 valence electrons. The maximum atomic E-state index is 12.8. The minimum atomic E-state index is -3.74. The fourth-order valence-corrected chi connectivity index (χ4v) is 4.76. The molecule has 0 amide bonds. The second-order valence-corrected chi connectivity index (χ2v) is 8.94.